The maximum Gasteiger partial charge on any atom is 0.293 e. The van der Waals surface area contributed by atoms with E-state index < -0.39 is 10.8 Å². The quantitative estimate of drug-likeness (QED) is 0.169. The lowest BCUT2D eigenvalue weighted by molar-refractivity contribution is -0.384. The third-order valence-corrected chi connectivity index (χ3v) is 5.71. The number of hydrogen-bond donors (Lipinski definition) is 2. The number of aromatic nitrogens is 1. The molecule has 178 valence electrons. The molecule has 0 aliphatic carbocycles. The number of rotatable bonds is 5. The number of thiocarbonyl (C=S) groups is 1. The van der Waals surface area contributed by atoms with E-state index in [1.165, 1.54) is 18.2 Å². The van der Waals surface area contributed by atoms with Crippen LogP contribution in [0.5, 0.6) is 0 Å². The van der Waals surface area contributed by atoms with Gasteiger partial charge in [0.25, 0.3) is 11.6 Å². The van der Waals surface area contributed by atoms with E-state index in [9.17, 15) is 14.9 Å². The van der Waals surface area contributed by atoms with Crippen LogP contribution in [-0.4, -0.2) is 20.9 Å². The summed E-state index contributed by atoms with van der Waals surface area (Å²) in [4.78, 5) is 27.7. The molecule has 2 N–H and O–H groups in total. The minimum absolute atomic E-state index is 0.0117. The summed E-state index contributed by atoms with van der Waals surface area (Å²) in [6, 6.07) is 22.1. The minimum atomic E-state index is -0.558. The fourth-order valence-corrected chi connectivity index (χ4v) is 3.90. The molecule has 0 saturated heterocycles. The lowest BCUT2D eigenvalue weighted by Gasteiger charge is -2.13. The first-order valence-electron chi connectivity index (χ1n) is 10.8. The predicted octanol–water partition coefficient (Wildman–Crippen LogP) is 6.10. The van der Waals surface area contributed by atoms with E-state index >= 15 is 0 Å². The molecule has 0 unspecified atom stereocenters. The number of non-ortho nitro benzene ring substituents is 1. The zero-order valence-electron chi connectivity index (χ0n) is 18.8. The van der Waals surface area contributed by atoms with Crippen LogP contribution in [0.1, 0.15) is 16.1 Å². The van der Waals surface area contributed by atoms with Gasteiger partial charge < -0.3 is 14.2 Å². The Bertz CT molecular complexity index is 1610. The molecular weight excluding hydrogens is 480 g/mol. The van der Waals surface area contributed by atoms with E-state index in [1.54, 1.807) is 18.2 Å². The van der Waals surface area contributed by atoms with Crippen molar-refractivity contribution in [1.82, 2.24) is 10.3 Å². The minimum Gasteiger partial charge on any atom is -0.451 e. The van der Waals surface area contributed by atoms with Crippen LogP contribution in [0.15, 0.2) is 87.7 Å². The molecule has 0 atom stereocenters. The van der Waals surface area contributed by atoms with Gasteiger partial charge in [-0.3, -0.25) is 20.2 Å². The largest absolute Gasteiger partial charge is 0.451 e. The van der Waals surface area contributed by atoms with Crippen molar-refractivity contribution >= 4 is 45.7 Å². The van der Waals surface area contributed by atoms with Crippen molar-refractivity contribution in [3.63, 3.8) is 0 Å². The average Bonchev–Trinajstić information content (AvgIpc) is 3.53. The summed E-state index contributed by atoms with van der Waals surface area (Å²) in [6.07, 6.45) is 0. The van der Waals surface area contributed by atoms with Gasteiger partial charge in [-0.05, 0) is 61.1 Å². The van der Waals surface area contributed by atoms with Gasteiger partial charge in [0.2, 0.25) is 5.89 Å². The van der Waals surface area contributed by atoms with E-state index in [0.29, 0.717) is 28.5 Å². The van der Waals surface area contributed by atoms with E-state index in [1.807, 2.05) is 49.4 Å². The van der Waals surface area contributed by atoms with Crippen LogP contribution in [0, 0.1) is 17.0 Å². The number of carbonyl (C=O) groups excluding carboxylic acids is 1. The van der Waals surface area contributed by atoms with Crippen LogP contribution < -0.4 is 10.6 Å². The molecule has 9 nitrogen and oxygen atoms in total. The van der Waals surface area contributed by atoms with Crippen molar-refractivity contribution in [2.45, 2.75) is 6.92 Å². The third-order valence-electron chi connectivity index (χ3n) is 5.50. The summed E-state index contributed by atoms with van der Waals surface area (Å²) >= 11 is 5.33. The number of nitro benzene ring substituents is 1. The number of hydrogen-bond acceptors (Lipinski definition) is 7. The van der Waals surface area contributed by atoms with Gasteiger partial charge in [-0.15, -0.1) is 0 Å². The molecule has 0 bridgehead atoms. The highest BCUT2D eigenvalue weighted by molar-refractivity contribution is 7.80. The second-order valence-corrected chi connectivity index (χ2v) is 8.25. The number of nitrogens with zero attached hydrogens (tertiary/aromatic N) is 2. The number of oxazole rings is 1. The average molecular weight is 499 g/mol. The predicted molar refractivity (Wildman–Crippen MR) is 139 cm³/mol. The van der Waals surface area contributed by atoms with Crippen molar-refractivity contribution in [3.8, 4) is 22.8 Å². The molecule has 3 aromatic carbocycles. The maximum atomic E-state index is 12.7. The normalized spacial score (nSPS) is 10.8. The SMILES string of the molecule is Cc1c(NC(=S)NC(=O)c2ccc(-c3cccc([N+](=O)[O-])c3)o2)cccc1-c1nc2ccccc2o1. The monoisotopic (exact) mass is 498 g/mol. The van der Waals surface area contributed by atoms with Crippen LogP contribution in [0.2, 0.25) is 0 Å². The van der Waals surface area contributed by atoms with Crippen molar-refractivity contribution < 1.29 is 18.6 Å². The molecule has 5 aromatic rings. The molecule has 1 amide bonds. The molecule has 0 aliphatic heterocycles. The smallest absolute Gasteiger partial charge is 0.293 e. The Labute approximate surface area is 209 Å². The van der Waals surface area contributed by atoms with Gasteiger partial charge in [0.1, 0.15) is 11.3 Å². The van der Waals surface area contributed by atoms with Gasteiger partial charge in [0.15, 0.2) is 16.5 Å². The number of nitro groups is 1. The van der Waals surface area contributed by atoms with Crippen LogP contribution in [0.3, 0.4) is 0 Å². The molecule has 0 spiro atoms. The number of carbonyl (C=O) groups is 1. The molecule has 5 rings (SSSR count). The van der Waals surface area contributed by atoms with Crippen molar-refractivity contribution in [2.75, 3.05) is 5.32 Å². The number of amides is 1. The zero-order chi connectivity index (χ0) is 25.2. The fourth-order valence-electron chi connectivity index (χ4n) is 3.70. The Kier molecular flexibility index (Phi) is 6.01. The number of anilines is 1. The van der Waals surface area contributed by atoms with Gasteiger partial charge >= 0.3 is 0 Å². The first-order chi connectivity index (χ1) is 17.4. The van der Waals surface area contributed by atoms with Crippen molar-refractivity contribution in [3.05, 3.63) is 100 Å². The maximum absolute atomic E-state index is 12.7. The lowest BCUT2D eigenvalue weighted by atomic mass is 10.1. The van der Waals surface area contributed by atoms with Crippen LogP contribution in [0.25, 0.3) is 33.9 Å². The summed E-state index contributed by atoms with van der Waals surface area (Å²) < 4.78 is 11.5. The molecule has 10 heteroatoms. The highest BCUT2D eigenvalue weighted by Gasteiger charge is 2.17. The Hall–Kier alpha value is -4.83. The summed E-state index contributed by atoms with van der Waals surface area (Å²) in [5.41, 5.74) is 4.17. The van der Waals surface area contributed by atoms with Crippen LogP contribution >= 0.6 is 12.2 Å². The number of para-hydroxylation sites is 2. The summed E-state index contributed by atoms with van der Waals surface area (Å²) in [5, 5.41) is 16.7. The van der Waals surface area contributed by atoms with Crippen molar-refractivity contribution in [2.24, 2.45) is 0 Å². The number of nitrogens with one attached hydrogen (secondary N) is 2. The van der Waals surface area contributed by atoms with Crippen LogP contribution in [0.4, 0.5) is 11.4 Å². The van der Waals surface area contributed by atoms with Gasteiger partial charge in [-0.1, -0.05) is 30.3 Å². The highest BCUT2D eigenvalue weighted by atomic mass is 32.1. The molecule has 36 heavy (non-hydrogen) atoms. The second-order valence-electron chi connectivity index (χ2n) is 7.84. The molecule has 0 radical (unpaired) electrons. The van der Waals surface area contributed by atoms with Gasteiger partial charge in [0.05, 0.1) is 4.92 Å². The Morgan fingerprint density at radius 3 is 2.61 bits per heavy atom. The Morgan fingerprint density at radius 1 is 1.00 bits per heavy atom. The molecular formula is C26H18N4O5S. The number of fused-ring (bicyclic) bond motifs is 1. The lowest BCUT2D eigenvalue weighted by Crippen LogP contribution is -2.34. The topological polar surface area (TPSA) is 123 Å². The van der Waals surface area contributed by atoms with E-state index in [0.717, 1.165) is 16.6 Å². The van der Waals surface area contributed by atoms with Crippen LogP contribution in [-0.2, 0) is 0 Å². The fraction of sp³-hybridized carbons (Fsp3) is 0.0385. The number of furan rings is 1. The summed E-state index contributed by atoms with van der Waals surface area (Å²) in [6.45, 7) is 1.90. The standard InChI is InChI=1S/C26H18N4O5S/c1-15-18(25-27-20-9-2-3-11-22(20)35-25)8-5-10-19(15)28-26(36)29-24(31)23-13-12-21(34-23)16-6-4-7-17(14-16)30(32)33/h2-14H,1H3,(H2,28,29,31,36). The van der Waals surface area contributed by atoms with Gasteiger partial charge in [0, 0.05) is 28.9 Å². The second kappa shape index (κ2) is 9.43. The van der Waals surface area contributed by atoms with E-state index in [2.05, 4.69) is 15.6 Å². The highest BCUT2D eigenvalue weighted by Crippen LogP contribution is 2.30. The summed E-state index contributed by atoms with van der Waals surface area (Å²) in [5.74, 6) is 0.260. The molecule has 2 aromatic heterocycles. The van der Waals surface area contributed by atoms with Gasteiger partial charge in [-0.2, -0.15) is 0 Å². The van der Waals surface area contributed by atoms with E-state index in [4.69, 9.17) is 21.1 Å². The zero-order valence-corrected chi connectivity index (χ0v) is 19.7. The third kappa shape index (κ3) is 4.57. The number of benzene rings is 3. The van der Waals surface area contributed by atoms with Gasteiger partial charge in [-0.25, -0.2) is 4.98 Å². The first kappa shape index (κ1) is 22.9. The van der Waals surface area contributed by atoms with E-state index in [-0.39, 0.29) is 16.6 Å². The Morgan fingerprint density at radius 2 is 1.81 bits per heavy atom. The molecule has 0 aliphatic rings. The first-order valence-corrected chi connectivity index (χ1v) is 11.2. The molecule has 0 saturated carbocycles. The molecule has 2 heterocycles. The van der Waals surface area contributed by atoms with Crippen molar-refractivity contribution in [1.29, 1.82) is 0 Å². The summed E-state index contributed by atoms with van der Waals surface area (Å²) in [7, 11) is 0. The Balaban J connectivity index is 1.29. The molecule has 0 fully saturated rings.